The van der Waals surface area contributed by atoms with Crippen molar-refractivity contribution in [2.45, 2.75) is 70.9 Å². The maximum absolute atomic E-state index is 4.32. The first kappa shape index (κ1) is 13.9. The summed E-state index contributed by atoms with van der Waals surface area (Å²) < 4.78 is 0. The molecule has 0 radical (unpaired) electrons. The molecule has 1 aromatic heterocycles. The molecule has 3 N–H and O–H groups in total. The number of aromatic nitrogens is 2. The summed E-state index contributed by atoms with van der Waals surface area (Å²) in [6.07, 6.45) is 9.51. The van der Waals surface area contributed by atoms with E-state index in [1.54, 1.807) is 0 Å². The van der Waals surface area contributed by atoms with Gasteiger partial charge in [0.15, 0.2) is 0 Å². The van der Waals surface area contributed by atoms with E-state index < -0.39 is 0 Å². The van der Waals surface area contributed by atoms with E-state index in [1.807, 2.05) is 0 Å². The van der Waals surface area contributed by atoms with Crippen molar-refractivity contribution in [3.05, 3.63) is 11.4 Å². The Morgan fingerprint density at radius 3 is 2.55 bits per heavy atom. The monoisotopic (exact) mass is 276 g/mol. The van der Waals surface area contributed by atoms with Crippen molar-refractivity contribution >= 4 is 5.69 Å². The Balaban J connectivity index is 1.71. The molecule has 1 saturated heterocycles. The molecule has 2 aliphatic rings. The molecule has 4 heteroatoms. The van der Waals surface area contributed by atoms with Gasteiger partial charge in [-0.2, -0.15) is 5.10 Å². The van der Waals surface area contributed by atoms with Crippen molar-refractivity contribution in [2.75, 3.05) is 11.9 Å². The van der Waals surface area contributed by atoms with Crippen LogP contribution in [-0.4, -0.2) is 28.8 Å². The van der Waals surface area contributed by atoms with Gasteiger partial charge >= 0.3 is 0 Å². The molecule has 0 aromatic carbocycles. The molecule has 112 valence electrons. The standard InChI is InChI=1S/C16H28N4/c1-11-16(12(2)20-19-11)18-15-9-4-3-7-13(15)14-8-5-6-10-17-14/h13-15,17-18H,3-10H2,1-2H3,(H,19,20). The highest BCUT2D eigenvalue weighted by atomic mass is 15.2. The Bertz CT molecular complexity index is 414. The fourth-order valence-electron chi connectivity index (χ4n) is 4.01. The molecule has 1 aliphatic heterocycles. The second-order valence-corrected chi connectivity index (χ2v) is 6.56. The third kappa shape index (κ3) is 2.85. The first-order valence-corrected chi connectivity index (χ1v) is 8.27. The number of anilines is 1. The predicted octanol–water partition coefficient (Wildman–Crippen LogP) is 3.14. The molecular weight excluding hydrogens is 248 g/mol. The van der Waals surface area contributed by atoms with Crippen molar-refractivity contribution < 1.29 is 0 Å². The van der Waals surface area contributed by atoms with Crippen molar-refractivity contribution in [1.29, 1.82) is 0 Å². The number of aromatic amines is 1. The second kappa shape index (κ2) is 6.17. The minimum absolute atomic E-state index is 0.606. The maximum Gasteiger partial charge on any atom is 0.0825 e. The van der Waals surface area contributed by atoms with Gasteiger partial charge in [-0.05, 0) is 52.0 Å². The highest BCUT2D eigenvalue weighted by Gasteiger charge is 2.33. The lowest BCUT2D eigenvalue weighted by molar-refractivity contribution is 0.217. The summed E-state index contributed by atoms with van der Waals surface area (Å²) in [5.74, 6) is 0.776. The van der Waals surface area contributed by atoms with E-state index in [2.05, 4.69) is 34.7 Å². The van der Waals surface area contributed by atoms with Gasteiger partial charge in [-0.1, -0.05) is 19.3 Å². The largest absolute Gasteiger partial charge is 0.379 e. The molecule has 3 unspecified atom stereocenters. The van der Waals surface area contributed by atoms with Gasteiger partial charge in [0.1, 0.15) is 0 Å². The quantitative estimate of drug-likeness (QED) is 0.795. The van der Waals surface area contributed by atoms with E-state index >= 15 is 0 Å². The molecule has 3 rings (SSSR count). The van der Waals surface area contributed by atoms with Gasteiger partial charge in [-0.25, -0.2) is 0 Å². The summed E-state index contributed by atoms with van der Waals surface area (Å²) in [4.78, 5) is 0. The highest BCUT2D eigenvalue weighted by molar-refractivity contribution is 5.52. The van der Waals surface area contributed by atoms with Crippen LogP contribution < -0.4 is 10.6 Å². The van der Waals surface area contributed by atoms with Crippen LogP contribution in [0.25, 0.3) is 0 Å². The van der Waals surface area contributed by atoms with Crippen LogP contribution in [0.2, 0.25) is 0 Å². The lowest BCUT2D eigenvalue weighted by atomic mass is 9.77. The molecule has 1 aromatic rings. The zero-order valence-electron chi connectivity index (χ0n) is 12.8. The first-order chi connectivity index (χ1) is 9.75. The SMILES string of the molecule is Cc1n[nH]c(C)c1NC1CCCCC1C1CCCCN1. The fourth-order valence-corrected chi connectivity index (χ4v) is 4.01. The number of rotatable bonds is 3. The predicted molar refractivity (Wildman–Crippen MR) is 83.1 cm³/mol. The molecular formula is C16H28N4. The van der Waals surface area contributed by atoms with Gasteiger partial charge < -0.3 is 10.6 Å². The maximum atomic E-state index is 4.32. The van der Waals surface area contributed by atoms with E-state index in [0.717, 1.165) is 11.6 Å². The Morgan fingerprint density at radius 2 is 1.85 bits per heavy atom. The van der Waals surface area contributed by atoms with Crippen molar-refractivity contribution in [3.8, 4) is 0 Å². The van der Waals surface area contributed by atoms with Gasteiger partial charge in [0.05, 0.1) is 17.1 Å². The number of piperidine rings is 1. The van der Waals surface area contributed by atoms with Crippen LogP contribution in [0.3, 0.4) is 0 Å². The minimum atomic E-state index is 0.606. The highest BCUT2D eigenvalue weighted by Crippen LogP contribution is 2.33. The van der Waals surface area contributed by atoms with E-state index in [1.165, 1.54) is 62.9 Å². The van der Waals surface area contributed by atoms with E-state index in [4.69, 9.17) is 0 Å². The molecule has 2 fully saturated rings. The fraction of sp³-hybridized carbons (Fsp3) is 0.812. The van der Waals surface area contributed by atoms with Crippen LogP contribution in [0, 0.1) is 19.8 Å². The topological polar surface area (TPSA) is 52.7 Å². The molecule has 0 spiro atoms. The Labute approximate surface area is 122 Å². The van der Waals surface area contributed by atoms with Crippen LogP contribution in [0.4, 0.5) is 5.69 Å². The second-order valence-electron chi connectivity index (χ2n) is 6.56. The van der Waals surface area contributed by atoms with Crippen molar-refractivity contribution in [3.63, 3.8) is 0 Å². The minimum Gasteiger partial charge on any atom is -0.379 e. The molecule has 1 aliphatic carbocycles. The van der Waals surface area contributed by atoms with Gasteiger partial charge in [0.25, 0.3) is 0 Å². The molecule has 0 amide bonds. The van der Waals surface area contributed by atoms with Gasteiger partial charge in [0, 0.05) is 12.1 Å². The Morgan fingerprint density at radius 1 is 1.05 bits per heavy atom. The van der Waals surface area contributed by atoms with E-state index in [0.29, 0.717) is 12.1 Å². The summed E-state index contributed by atoms with van der Waals surface area (Å²) >= 11 is 0. The normalized spacial score (nSPS) is 31.2. The summed E-state index contributed by atoms with van der Waals surface area (Å²) in [7, 11) is 0. The van der Waals surface area contributed by atoms with Gasteiger partial charge in [-0.3, -0.25) is 5.10 Å². The Kier molecular flexibility index (Phi) is 4.29. The third-order valence-corrected chi connectivity index (χ3v) is 5.14. The lowest BCUT2D eigenvalue weighted by Crippen LogP contribution is -2.48. The number of nitrogens with one attached hydrogen (secondary N) is 3. The molecule has 2 heterocycles. The van der Waals surface area contributed by atoms with Crippen LogP contribution in [0.1, 0.15) is 56.3 Å². The average molecular weight is 276 g/mol. The molecule has 1 saturated carbocycles. The van der Waals surface area contributed by atoms with E-state index in [9.17, 15) is 0 Å². The van der Waals surface area contributed by atoms with Gasteiger partial charge in [-0.15, -0.1) is 0 Å². The summed E-state index contributed by atoms with van der Waals surface area (Å²) in [5.41, 5.74) is 3.50. The number of hydrogen-bond donors (Lipinski definition) is 3. The Hall–Kier alpha value is -1.03. The average Bonchev–Trinajstić information content (AvgIpc) is 2.81. The number of nitrogens with zero attached hydrogens (tertiary/aromatic N) is 1. The summed E-state index contributed by atoms with van der Waals surface area (Å²) in [6.45, 7) is 5.40. The number of aryl methyl sites for hydroxylation is 2. The first-order valence-electron chi connectivity index (χ1n) is 8.27. The van der Waals surface area contributed by atoms with Crippen LogP contribution >= 0.6 is 0 Å². The third-order valence-electron chi connectivity index (χ3n) is 5.14. The van der Waals surface area contributed by atoms with Crippen LogP contribution in [0.15, 0.2) is 0 Å². The van der Waals surface area contributed by atoms with Gasteiger partial charge in [0.2, 0.25) is 0 Å². The van der Waals surface area contributed by atoms with Crippen molar-refractivity contribution in [1.82, 2.24) is 15.5 Å². The van der Waals surface area contributed by atoms with Crippen LogP contribution in [-0.2, 0) is 0 Å². The summed E-state index contributed by atoms with van der Waals surface area (Å²) in [5, 5.41) is 15.0. The molecule has 3 atom stereocenters. The smallest absolute Gasteiger partial charge is 0.0825 e. The zero-order chi connectivity index (χ0) is 13.9. The zero-order valence-corrected chi connectivity index (χ0v) is 12.8. The lowest BCUT2D eigenvalue weighted by Gasteiger charge is -2.40. The van der Waals surface area contributed by atoms with Crippen molar-refractivity contribution in [2.24, 2.45) is 5.92 Å². The van der Waals surface area contributed by atoms with Crippen LogP contribution in [0.5, 0.6) is 0 Å². The van der Waals surface area contributed by atoms with E-state index in [-0.39, 0.29) is 0 Å². The molecule has 0 bridgehead atoms. The number of H-pyrrole nitrogens is 1. The molecule has 20 heavy (non-hydrogen) atoms. The summed E-state index contributed by atoms with van der Waals surface area (Å²) in [6, 6.07) is 1.32. The number of hydrogen-bond acceptors (Lipinski definition) is 3. The molecule has 4 nitrogen and oxygen atoms in total.